The molecule has 0 fully saturated rings. The lowest BCUT2D eigenvalue weighted by Crippen LogP contribution is -2.30. The second-order valence-electron chi connectivity index (χ2n) is 5.47. The minimum absolute atomic E-state index is 0.000831. The van der Waals surface area contributed by atoms with Crippen LogP contribution in [0.25, 0.3) is 11.4 Å². The summed E-state index contributed by atoms with van der Waals surface area (Å²) in [5, 5.41) is 12.0. The van der Waals surface area contributed by atoms with Gasteiger partial charge in [-0.25, -0.2) is 0 Å². The van der Waals surface area contributed by atoms with E-state index in [1.807, 2.05) is 43.5 Å². The van der Waals surface area contributed by atoms with Gasteiger partial charge in [-0.1, -0.05) is 35.5 Å². The Balaban J connectivity index is 2.30. The average Bonchev–Trinajstić information content (AvgIpc) is 2.95. The Labute approximate surface area is 147 Å². The van der Waals surface area contributed by atoms with Crippen molar-refractivity contribution in [2.24, 2.45) is 0 Å². The lowest BCUT2D eigenvalue weighted by atomic mass is 10.1. The van der Waals surface area contributed by atoms with Crippen molar-refractivity contribution in [1.82, 2.24) is 20.1 Å². The Morgan fingerprint density at radius 1 is 1.42 bits per heavy atom. The summed E-state index contributed by atoms with van der Waals surface area (Å²) in [6.07, 6.45) is 0. The van der Waals surface area contributed by atoms with E-state index in [1.54, 1.807) is 7.11 Å². The molecule has 1 atom stereocenters. The van der Waals surface area contributed by atoms with E-state index in [0.717, 1.165) is 16.5 Å². The normalized spacial score (nSPS) is 12.2. The maximum absolute atomic E-state index is 12.0. The van der Waals surface area contributed by atoms with Gasteiger partial charge in [0.1, 0.15) is 0 Å². The first-order chi connectivity index (χ1) is 11.6. The van der Waals surface area contributed by atoms with Crippen molar-refractivity contribution in [2.45, 2.75) is 37.7 Å². The molecule has 0 radical (unpaired) electrons. The third kappa shape index (κ3) is 4.58. The van der Waals surface area contributed by atoms with Crippen LogP contribution in [0, 0.1) is 6.92 Å². The van der Waals surface area contributed by atoms with Gasteiger partial charge in [0.25, 0.3) is 0 Å². The number of hydrogen-bond acceptors (Lipinski definition) is 5. The molecule has 0 saturated carbocycles. The molecule has 24 heavy (non-hydrogen) atoms. The summed E-state index contributed by atoms with van der Waals surface area (Å²) in [7, 11) is 1.67. The molecular formula is C17H24N4O2S. The van der Waals surface area contributed by atoms with Crippen LogP contribution in [0.3, 0.4) is 0 Å². The zero-order chi connectivity index (χ0) is 17.5. The SMILES string of the molecule is CCNC(=O)[C@H](C)Sc1nnc(-c2cccc(C)c2)n1CCOC. The number of carbonyl (C=O) groups is 1. The molecule has 1 amide bonds. The molecule has 0 bridgehead atoms. The number of nitrogens with one attached hydrogen (secondary N) is 1. The van der Waals surface area contributed by atoms with Gasteiger partial charge in [-0.2, -0.15) is 0 Å². The first-order valence-electron chi connectivity index (χ1n) is 8.00. The molecule has 0 aliphatic rings. The molecule has 0 aliphatic heterocycles. The number of thioether (sulfide) groups is 1. The largest absolute Gasteiger partial charge is 0.383 e. The van der Waals surface area contributed by atoms with Gasteiger partial charge in [0.15, 0.2) is 11.0 Å². The van der Waals surface area contributed by atoms with Crippen LogP contribution < -0.4 is 5.32 Å². The second-order valence-corrected chi connectivity index (χ2v) is 6.78. The van der Waals surface area contributed by atoms with E-state index >= 15 is 0 Å². The van der Waals surface area contributed by atoms with Crippen molar-refractivity contribution in [3.63, 3.8) is 0 Å². The van der Waals surface area contributed by atoms with E-state index in [-0.39, 0.29) is 11.2 Å². The fourth-order valence-corrected chi connectivity index (χ4v) is 3.19. The summed E-state index contributed by atoms with van der Waals surface area (Å²) >= 11 is 1.41. The van der Waals surface area contributed by atoms with Crippen molar-refractivity contribution >= 4 is 17.7 Å². The van der Waals surface area contributed by atoms with Crippen LogP contribution in [-0.4, -0.2) is 46.2 Å². The van der Waals surface area contributed by atoms with Gasteiger partial charge in [0, 0.05) is 19.2 Å². The molecule has 2 aromatic rings. The van der Waals surface area contributed by atoms with Gasteiger partial charge in [-0.3, -0.25) is 9.36 Å². The van der Waals surface area contributed by atoms with Crippen LogP contribution in [0.2, 0.25) is 0 Å². The number of carbonyl (C=O) groups excluding carboxylic acids is 1. The Kier molecular flexibility index (Phi) is 6.81. The zero-order valence-corrected chi connectivity index (χ0v) is 15.4. The summed E-state index contributed by atoms with van der Waals surface area (Å²) in [5.74, 6) is 0.794. The summed E-state index contributed by atoms with van der Waals surface area (Å²) in [6, 6.07) is 8.15. The number of aromatic nitrogens is 3. The van der Waals surface area contributed by atoms with E-state index in [9.17, 15) is 4.79 Å². The number of nitrogens with zero attached hydrogens (tertiary/aromatic N) is 3. The summed E-state index contributed by atoms with van der Waals surface area (Å²) in [5.41, 5.74) is 2.18. The standard InChI is InChI=1S/C17H24N4O2S/c1-5-18-16(22)13(3)24-17-20-19-15(21(17)9-10-23-4)14-8-6-7-12(2)11-14/h6-8,11,13H,5,9-10H2,1-4H3,(H,18,22)/t13-/m0/s1. The van der Waals surface area contributed by atoms with Gasteiger partial charge >= 0.3 is 0 Å². The molecule has 0 spiro atoms. The smallest absolute Gasteiger partial charge is 0.233 e. The number of hydrogen-bond donors (Lipinski definition) is 1. The lowest BCUT2D eigenvalue weighted by molar-refractivity contribution is -0.120. The van der Waals surface area contributed by atoms with Crippen molar-refractivity contribution in [2.75, 3.05) is 20.3 Å². The highest BCUT2D eigenvalue weighted by Crippen LogP contribution is 2.27. The van der Waals surface area contributed by atoms with Crippen molar-refractivity contribution < 1.29 is 9.53 Å². The predicted octanol–water partition coefficient (Wildman–Crippen LogP) is 2.52. The highest BCUT2D eigenvalue weighted by atomic mass is 32.2. The fraction of sp³-hybridized carbons (Fsp3) is 0.471. The molecule has 1 heterocycles. The van der Waals surface area contributed by atoms with E-state index in [4.69, 9.17) is 4.74 Å². The van der Waals surface area contributed by atoms with Gasteiger partial charge < -0.3 is 10.1 Å². The predicted molar refractivity (Wildman–Crippen MR) is 96.1 cm³/mol. The van der Waals surface area contributed by atoms with Crippen LogP contribution >= 0.6 is 11.8 Å². The van der Waals surface area contributed by atoms with Gasteiger partial charge in [-0.05, 0) is 26.8 Å². The van der Waals surface area contributed by atoms with Gasteiger partial charge in [0.2, 0.25) is 5.91 Å². The molecule has 7 heteroatoms. The molecule has 0 aliphatic carbocycles. The average molecular weight is 348 g/mol. The fourth-order valence-electron chi connectivity index (χ4n) is 2.29. The van der Waals surface area contributed by atoms with Crippen LogP contribution in [0.1, 0.15) is 19.4 Å². The maximum atomic E-state index is 12.0. The quantitative estimate of drug-likeness (QED) is 0.743. The topological polar surface area (TPSA) is 69.0 Å². The molecule has 0 unspecified atom stereocenters. The molecule has 6 nitrogen and oxygen atoms in total. The third-order valence-electron chi connectivity index (χ3n) is 3.51. The third-order valence-corrected chi connectivity index (χ3v) is 4.60. The first-order valence-corrected chi connectivity index (χ1v) is 8.88. The lowest BCUT2D eigenvalue weighted by Gasteiger charge is -2.13. The van der Waals surface area contributed by atoms with E-state index in [1.165, 1.54) is 17.3 Å². The maximum Gasteiger partial charge on any atom is 0.233 e. The number of ether oxygens (including phenoxy) is 1. The van der Waals surface area contributed by atoms with Crippen LogP contribution in [0.4, 0.5) is 0 Å². The molecule has 1 N–H and O–H groups in total. The molecule has 130 valence electrons. The highest BCUT2D eigenvalue weighted by Gasteiger charge is 2.20. The molecule has 1 aromatic carbocycles. The molecule has 2 rings (SSSR count). The summed E-state index contributed by atoms with van der Waals surface area (Å²) in [4.78, 5) is 12.0. The Bertz CT molecular complexity index is 687. The van der Waals surface area contributed by atoms with E-state index < -0.39 is 0 Å². The minimum Gasteiger partial charge on any atom is -0.383 e. The Morgan fingerprint density at radius 2 is 2.21 bits per heavy atom. The Morgan fingerprint density at radius 3 is 2.88 bits per heavy atom. The monoisotopic (exact) mass is 348 g/mol. The number of rotatable bonds is 8. The number of benzene rings is 1. The zero-order valence-electron chi connectivity index (χ0n) is 14.6. The van der Waals surface area contributed by atoms with E-state index in [0.29, 0.717) is 19.7 Å². The van der Waals surface area contributed by atoms with Crippen LogP contribution in [-0.2, 0) is 16.1 Å². The van der Waals surface area contributed by atoms with Crippen molar-refractivity contribution in [1.29, 1.82) is 0 Å². The summed E-state index contributed by atoms with van der Waals surface area (Å²) in [6.45, 7) is 7.64. The molecule has 0 saturated heterocycles. The van der Waals surface area contributed by atoms with Crippen molar-refractivity contribution in [3.8, 4) is 11.4 Å². The number of aryl methyl sites for hydroxylation is 1. The van der Waals surface area contributed by atoms with Gasteiger partial charge in [-0.15, -0.1) is 10.2 Å². The minimum atomic E-state index is -0.235. The van der Waals surface area contributed by atoms with Gasteiger partial charge in [0.05, 0.1) is 18.4 Å². The summed E-state index contributed by atoms with van der Waals surface area (Å²) < 4.78 is 7.22. The second kappa shape index (κ2) is 8.84. The number of methoxy groups -OCH3 is 1. The van der Waals surface area contributed by atoms with Crippen molar-refractivity contribution in [3.05, 3.63) is 29.8 Å². The van der Waals surface area contributed by atoms with Crippen LogP contribution in [0.15, 0.2) is 29.4 Å². The molecule has 1 aromatic heterocycles. The first kappa shape index (κ1) is 18.5. The Hall–Kier alpha value is -1.86. The molecular weight excluding hydrogens is 324 g/mol. The van der Waals surface area contributed by atoms with Crippen LogP contribution in [0.5, 0.6) is 0 Å². The number of amides is 1. The van der Waals surface area contributed by atoms with E-state index in [2.05, 4.69) is 21.6 Å². The highest BCUT2D eigenvalue weighted by molar-refractivity contribution is 8.00.